The number of nitrogens with zero attached hydrogens (tertiary/aromatic N) is 5. The van der Waals surface area contributed by atoms with Crippen LogP contribution in [-0.4, -0.2) is 37.2 Å². The molecule has 5 aromatic rings. The molecular formula is C31H34N6O3. The maximum Gasteiger partial charge on any atom is 0.253 e. The van der Waals surface area contributed by atoms with E-state index < -0.39 is 6.04 Å². The van der Waals surface area contributed by atoms with Gasteiger partial charge in [0.25, 0.3) is 5.56 Å². The van der Waals surface area contributed by atoms with Crippen molar-refractivity contribution in [3.63, 3.8) is 0 Å². The number of hydrogen-bond acceptors (Lipinski definition) is 7. The molecule has 1 fully saturated rings. The number of aromatic amines is 1. The Balaban J connectivity index is 1.54. The van der Waals surface area contributed by atoms with Crippen molar-refractivity contribution in [3.05, 3.63) is 105 Å². The number of methoxy groups -OCH3 is 1. The van der Waals surface area contributed by atoms with Crippen molar-refractivity contribution in [3.8, 4) is 5.75 Å². The Kier molecular flexibility index (Phi) is 7.21. The van der Waals surface area contributed by atoms with Crippen LogP contribution in [0.3, 0.4) is 0 Å². The van der Waals surface area contributed by atoms with Crippen LogP contribution in [0.1, 0.15) is 71.6 Å². The largest absolute Gasteiger partial charge is 0.497 e. The summed E-state index contributed by atoms with van der Waals surface area (Å²) in [5, 5.41) is 14.2. The molecule has 9 heteroatoms. The lowest BCUT2D eigenvalue weighted by Crippen LogP contribution is -2.35. The summed E-state index contributed by atoms with van der Waals surface area (Å²) in [6, 6.07) is 17.7. The predicted octanol–water partition coefficient (Wildman–Crippen LogP) is 5.64. The standard InChI is InChI=1S/C31H34N6O3/c1-20-10-11-21(2)28-26(20)17-27(31(38)32-28)29(30-33-34-35-37(30)23-7-4-5-8-23)36(19-25-9-6-16-40-25)18-22-12-14-24(39-3)15-13-22/h6,9-17,23,29H,4-5,7-8,18-19H2,1-3H3,(H,32,38)/t29-/m0/s1. The highest BCUT2D eigenvalue weighted by atomic mass is 16.5. The molecule has 0 aliphatic heterocycles. The van der Waals surface area contributed by atoms with Gasteiger partial charge in [0, 0.05) is 17.5 Å². The van der Waals surface area contributed by atoms with E-state index in [9.17, 15) is 4.79 Å². The maximum atomic E-state index is 13.9. The molecule has 0 spiro atoms. The second-order valence-electron chi connectivity index (χ2n) is 10.7. The topological polar surface area (TPSA) is 102 Å². The third-order valence-electron chi connectivity index (χ3n) is 8.05. The number of aromatic nitrogens is 5. The number of fused-ring (bicyclic) bond motifs is 1. The Morgan fingerprint density at radius 1 is 1.07 bits per heavy atom. The number of nitrogens with one attached hydrogen (secondary N) is 1. The van der Waals surface area contributed by atoms with Gasteiger partial charge in [0.1, 0.15) is 17.6 Å². The minimum atomic E-state index is -0.518. The molecule has 206 valence electrons. The summed E-state index contributed by atoms with van der Waals surface area (Å²) < 4.78 is 13.1. The first kappa shape index (κ1) is 26.0. The van der Waals surface area contributed by atoms with Crippen molar-refractivity contribution in [1.29, 1.82) is 0 Å². The van der Waals surface area contributed by atoms with Gasteiger partial charge in [-0.25, -0.2) is 4.68 Å². The smallest absolute Gasteiger partial charge is 0.253 e. The molecule has 0 radical (unpaired) electrons. The number of aryl methyl sites for hydroxylation is 2. The molecule has 0 bridgehead atoms. The zero-order valence-corrected chi connectivity index (χ0v) is 23.1. The summed E-state index contributed by atoms with van der Waals surface area (Å²) in [5.74, 6) is 2.25. The van der Waals surface area contributed by atoms with E-state index in [2.05, 4.69) is 38.4 Å². The first-order valence-electron chi connectivity index (χ1n) is 13.8. The Morgan fingerprint density at radius 3 is 2.58 bits per heavy atom. The summed E-state index contributed by atoms with van der Waals surface area (Å²) in [6.45, 7) is 5.09. The molecule has 6 rings (SSSR count). The Hall–Kier alpha value is -4.24. The third kappa shape index (κ3) is 5.04. The molecule has 40 heavy (non-hydrogen) atoms. The summed E-state index contributed by atoms with van der Waals surface area (Å²) in [5.41, 5.74) is 4.51. The molecular weight excluding hydrogens is 504 g/mol. The van der Waals surface area contributed by atoms with Crippen LogP contribution in [0.25, 0.3) is 10.9 Å². The highest BCUT2D eigenvalue weighted by molar-refractivity contribution is 5.85. The SMILES string of the molecule is COc1ccc(CN(Cc2ccco2)[C@@H](c2cc3c(C)ccc(C)c3[nH]c2=O)c2nnnn2C2CCCC2)cc1. The normalized spacial score (nSPS) is 14.8. The van der Waals surface area contributed by atoms with Crippen LogP contribution in [0.5, 0.6) is 5.75 Å². The third-order valence-corrected chi connectivity index (χ3v) is 8.05. The van der Waals surface area contributed by atoms with Crippen LogP contribution >= 0.6 is 0 Å². The second-order valence-corrected chi connectivity index (χ2v) is 10.7. The molecule has 1 atom stereocenters. The minimum absolute atomic E-state index is 0.147. The van der Waals surface area contributed by atoms with Crippen LogP contribution in [0.15, 0.2) is 70.1 Å². The zero-order valence-electron chi connectivity index (χ0n) is 23.1. The number of furan rings is 1. The van der Waals surface area contributed by atoms with E-state index in [4.69, 9.17) is 9.15 Å². The van der Waals surface area contributed by atoms with Crippen molar-refractivity contribution in [1.82, 2.24) is 30.1 Å². The molecule has 0 amide bonds. The van der Waals surface area contributed by atoms with E-state index >= 15 is 0 Å². The highest BCUT2D eigenvalue weighted by Gasteiger charge is 2.34. The summed E-state index contributed by atoms with van der Waals surface area (Å²) in [4.78, 5) is 19.3. The molecule has 3 heterocycles. The number of benzene rings is 2. The van der Waals surface area contributed by atoms with Crippen molar-refractivity contribution >= 4 is 10.9 Å². The number of hydrogen-bond donors (Lipinski definition) is 1. The predicted molar refractivity (Wildman–Crippen MR) is 152 cm³/mol. The van der Waals surface area contributed by atoms with Gasteiger partial charge >= 0.3 is 0 Å². The molecule has 3 aromatic heterocycles. The van der Waals surface area contributed by atoms with Gasteiger partial charge in [-0.05, 0) is 84.1 Å². The van der Waals surface area contributed by atoms with Crippen LogP contribution in [-0.2, 0) is 13.1 Å². The number of tetrazole rings is 1. The number of H-pyrrole nitrogens is 1. The number of ether oxygens (including phenoxy) is 1. The average molecular weight is 539 g/mol. The summed E-state index contributed by atoms with van der Waals surface area (Å²) in [6.07, 6.45) is 6.01. The van der Waals surface area contributed by atoms with Gasteiger partial charge in [0.15, 0.2) is 5.82 Å². The fourth-order valence-electron chi connectivity index (χ4n) is 5.89. The first-order chi connectivity index (χ1) is 19.5. The highest BCUT2D eigenvalue weighted by Crippen LogP contribution is 2.35. The van der Waals surface area contributed by atoms with Crippen molar-refractivity contribution in [2.24, 2.45) is 0 Å². The van der Waals surface area contributed by atoms with Crippen molar-refractivity contribution < 1.29 is 9.15 Å². The monoisotopic (exact) mass is 538 g/mol. The molecule has 1 N–H and O–H groups in total. The van der Waals surface area contributed by atoms with Crippen molar-refractivity contribution in [2.45, 2.75) is 64.7 Å². The fraction of sp³-hybridized carbons (Fsp3) is 0.355. The van der Waals surface area contributed by atoms with Gasteiger partial charge in [0.2, 0.25) is 0 Å². The van der Waals surface area contributed by atoms with Gasteiger partial charge in [-0.3, -0.25) is 9.69 Å². The lowest BCUT2D eigenvalue weighted by molar-refractivity contribution is 0.176. The second kappa shape index (κ2) is 11.1. The Bertz CT molecular complexity index is 1650. The van der Waals surface area contributed by atoms with Gasteiger partial charge in [-0.2, -0.15) is 0 Å². The van der Waals surface area contributed by atoms with Crippen LogP contribution in [0.4, 0.5) is 0 Å². The summed E-state index contributed by atoms with van der Waals surface area (Å²) >= 11 is 0. The molecule has 1 saturated carbocycles. The van der Waals surface area contributed by atoms with Crippen LogP contribution in [0.2, 0.25) is 0 Å². The van der Waals surface area contributed by atoms with Gasteiger partial charge in [-0.1, -0.05) is 37.1 Å². The van der Waals surface area contributed by atoms with Gasteiger partial charge < -0.3 is 14.1 Å². The first-order valence-corrected chi connectivity index (χ1v) is 13.8. The van der Waals surface area contributed by atoms with E-state index in [0.29, 0.717) is 24.5 Å². The van der Waals surface area contributed by atoms with E-state index in [1.807, 2.05) is 60.1 Å². The van der Waals surface area contributed by atoms with E-state index in [-0.39, 0.29) is 11.6 Å². The Labute approximate surface area is 232 Å². The lowest BCUT2D eigenvalue weighted by atomic mass is 9.98. The molecule has 0 unspecified atom stereocenters. The average Bonchev–Trinajstić information content (AvgIpc) is 3.75. The van der Waals surface area contributed by atoms with E-state index in [1.165, 1.54) is 0 Å². The van der Waals surface area contributed by atoms with Gasteiger partial charge in [0.05, 0.1) is 31.5 Å². The number of pyridine rings is 1. The lowest BCUT2D eigenvalue weighted by Gasteiger charge is -2.31. The minimum Gasteiger partial charge on any atom is -0.497 e. The molecule has 0 saturated heterocycles. The Morgan fingerprint density at radius 2 is 1.85 bits per heavy atom. The van der Waals surface area contributed by atoms with Crippen molar-refractivity contribution in [2.75, 3.05) is 7.11 Å². The van der Waals surface area contributed by atoms with Gasteiger partial charge in [-0.15, -0.1) is 5.10 Å². The molecule has 1 aliphatic rings. The zero-order chi connectivity index (χ0) is 27.6. The van der Waals surface area contributed by atoms with E-state index in [1.54, 1.807) is 13.4 Å². The maximum absolute atomic E-state index is 13.9. The van der Waals surface area contributed by atoms with Crippen LogP contribution in [0, 0.1) is 13.8 Å². The molecule has 1 aliphatic carbocycles. The number of rotatable bonds is 9. The van der Waals surface area contributed by atoms with Crippen LogP contribution < -0.4 is 10.3 Å². The molecule has 2 aromatic carbocycles. The quantitative estimate of drug-likeness (QED) is 0.259. The molecule has 9 nitrogen and oxygen atoms in total. The summed E-state index contributed by atoms with van der Waals surface area (Å²) in [7, 11) is 1.66. The van der Waals surface area contributed by atoms with E-state index in [0.717, 1.165) is 64.8 Å². The fourth-order valence-corrected chi connectivity index (χ4v) is 5.89.